The summed E-state index contributed by atoms with van der Waals surface area (Å²) >= 11 is 3.53. The molecule has 0 saturated carbocycles. The van der Waals surface area contributed by atoms with Gasteiger partial charge in [-0.25, -0.2) is 0 Å². The fraction of sp³-hybridized carbons (Fsp3) is 0.118. The molecule has 0 fully saturated rings. The number of aliphatic hydroxyl groups is 1. The Balaban J connectivity index is 2.09. The average molecular weight is 341 g/mol. The summed E-state index contributed by atoms with van der Waals surface area (Å²) in [7, 11) is 0. The van der Waals surface area contributed by atoms with Crippen LogP contribution in [-0.2, 0) is 6.42 Å². The van der Waals surface area contributed by atoms with E-state index in [1.807, 2.05) is 24.3 Å². The Morgan fingerprint density at radius 2 is 2.05 bits per heavy atom. The smallest absolute Gasteiger partial charge is 0.0817 e. The summed E-state index contributed by atoms with van der Waals surface area (Å²) in [6.07, 6.45) is 0.664. The molecule has 0 radical (unpaired) electrons. The third kappa shape index (κ3) is 2.03. The van der Waals surface area contributed by atoms with Gasteiger partial charge in [-0.1, -0.05) is 34.1 Å². The van der Waals surface area contributed by atoms with E-state index in [9.17, 15) is 5.11 Å². The fourth-order valence-corrected chi connectivity index (χ4v) is 3.28. The molecular formula is C17H13BrN2O. The van der Waals surface area contributed by atoms with E-state index < -0.39 is 0 Å². The van der Waals surface area contributed by atoms with Gasteiger partial charge in [0.15, 0.2) is 0 Å². The topological polar surface area (TPSA) is 48.4 Å². The third-order valence-electron chi connectivity index (χ3n) is 3.88. The third-order valence-corrected chi connectivity index (χ3v) is 4.38. The van der Waals surface area contributed by atoms with Gasteiger partial charge in [-0.05, 0) is 29.8 Å². The van der Waals surface area contributed by atoms with Crippen LogP contribution < -0.4 is 0 Å². The summed E-state index contributed by atoms with van der Waals surface area (Å²) in [5.41, 5.74) is 6.20. The van der Waals surface area contributed by atoms with Gasteiger partial charge in [0.05, 0.1) is 18.0 Å². The zero-order valence-corrected chi connectivity index (χ0v) is 12.8. The first-order chi connectivity index (χ1) is 10.3. The van der Waals surface area contributed by atoms with Crippen LogP contribution in [0.4, 0.5) is 5.69 Å². The first kappa shape index (κ1) is 12.8. The van der Waals surface area contributed by atoms with Gasteiger partial charge in [-0.3, -0.25) is 4.99 Å². The van der Waals surface area contributed by atoms with E-state index in [1.165, 1.54) is 10.9 Å². The number of hydrogen-bond donors (Lipinski definition) is 2. The van der Waals surface area contributed by atoms with Gasteiger partial charge in [0.2, 0.25) is 0 Å². The number of aliphatic hydroxyl groups excluding tert-OH is 1. The molecule has 0 saturated heterocycles. The van der Waals surface area contributed by atoms with Crippen LogP contribution in [-0.4, -0.2) is 22.4 Å². The Hall–Kier alpha value is -1.91. The molecule has 21 heavy (non-hydrogen) atoms. The maximum absolute atomic E-state index is 9.58. The van der Waals surface area contributed by atoms with E-state index in [0.29, 0.717) is 6.42 Å². The standard InChI is InChI=1S/C17H13BrN2O/c18-10-5-6-16-13(7-10)14-8-11(9-21)19-15-4-2-1-3-12(15)17(14)20-16/h1-7,20-21H,8-9H2. The zero-order chi connectivity index (χ0) is 14.4. The molecule has 3 aromatic rings. The largest absolute Gasteiger partial charge is 0.390 e. The maximum atomic E-state index is 9.58. The molecule has 0 unspecified atom stereocenters. The van der Waals surface area contributed by atoms with Crippen molar-refractivity contribution >= 4 is 38.2 Å². The molecule has 1 aliphatic heterocycles. The van der Waals surface area contributed by atoms with Crippen LogP contribution in [0.25, 0.3) is 22.2 Å². The Labute approximate surface area is 130 Å². The predicted molar refractivity (Wildman–Crippen MR) is 89.3 cm³/mol. The molecule has 2 N–H and O–H groups in total. The first-order valence-corrected chi connectivity index (χ1v) is 7.62. The van der Waals surface area contributed by atoms with Gasteiger partial charge < -0.3 is 10.1 Å². The van der Waals surface area contributed by atoms with Crippen LogP contribution >= 0.6 is 15.9 Å². The maximum Gasteiger partial charge on any atom is 0.0817 e. The number of fused-ring (bicyclic) bond motifs is 5. The summed E-state index contributed by atoms with van der Waals surface area (Å²) in [4.78, 5) is 8.12. The second-order valence-electron chi connectivity index (χ2n) is 5.20. The number of aliphatic imine (C=N–C) groups is 1. The highest BCUT2D eigenvalue weighted by Gasteiger charge is 2.20. The number of benzene rings is 2. The van der Waals surface area contributed by atoms with E-state index in [1.54, 1.807) is 0 Å². The van der Waals surface area contributed by atoms with Crippen LogP contribution in [0.15, 0.2) is 51.9 Å². The van der Waals surface area contributed by atoms with Gasteiger partial charge in [0, 0.05) is 33.1 Å². The van der Waals surface area contributed by atoms with E-state index in [0.717, 1.165) is 32.6 Å². The van der Waals surface area contributed by atoms with Crippen LogP contribution in [0.3, 0.4) is 0 Å². The van der Waals surface area contributed by atoms with Crippen molar-refractivity contribution in [3.05, 3.63) is 52.5 Å². The number of hydrogen-bond acceptors (Lipinski definition) is 2. The van der Waals surface area contributed by atoms with Gasteiger partial charge in [0.1, 0.15) is 0 Å². The van der Waals surface area contributed by atoms with E-state index in [2.05, 4.69) is 44.1 Å². The molecule has 2 heterocycles. The van der Waals surface area contributed by atoms with Crippen LogP contribution in [0.1, 0.15) is 5.56 Å². The Bertz CT molecular complexity index is 880. The molecule has 3 nitrogen and oxygen atoms in total. The number of nitrogens with zero attached hydrogens (tertiary/aromatic N) is 1. The molecule has 1 aliphatic rings. The lowest BCUT2D eigenvalue weighted by Crippen LogP contribution is -2.07. The van der Waals surface area contributed by atoms with E-state index in [-0.39, 0.29) is 6.61 Å². The highest BCUT2D eigenvalue weighted by atomic mass is 79.9. The first-order valence-electron chi connectivity index (χ1n) is 6.83. The molecule has 0 aliphatic carbocycles. The average Bonchev–Trinajstić information content (AvgIpc) is 2.76. The van der Waals surface area contributed by atoms with Gasteiger partial charge in [-0.15, -0.1) is 0 Å². The highest BCUT2D eigenvalue weighted by molar-refractivity contribution is 9.10. The molecule has 0 spiro atoms. The number of aromatic amines is 1. The quantitative estimate of drug-likeness (QED) is 0.684. The second kappa shape index (κ2) is 4.83. The lowest BCUT2D eigenvalue weighted by molar-refractivity contribution is 0.356. The van der Waals surface area contributed by atoms with Crippen LogP contribution in [0.2, 0.25) is 0 Å². The number of H-pyrrole nitrogens is 1. The summed E-state index contributed by atoms with van der Waals surface area (Å²) in [6, 6.07) is 14.3. The van der Waals surface area contributed by atoms with Crippen molar-refractivity contribution in [2.24, 2.45) is 4.99 Å². The minimum absolute atomic E-state index is 0.0194. The SMILES string of the molecule is OCC1=Nc2ccccc2-c2[nH]c3ccc(Br)cc3c2C1. The molecular weight excluding hydrogens is 328 g/mol. The lowest BCUT2D eigenvalue weighted by atomic mass is 10.0. The normalized spacial score (nSPS) is 13.5. The van der Waals surface area contributed by atoms with Gasteiger partial charge >= 0.3 is 0 Å². The number of rotatable bonds is 1. The molecule has 0 amide bonds. The minimum Gasteiger partial charge on any atom is -0.390 e. The number of aromatic nitrogens is 1. The van der Waals surface area contributed by atoms with Crippen molar-refractivity contribution in [2.45, 2.75) is 6.42 Å². The van der Waals surface area contributed by atoms with Crippen molar-refractivity contribution in [3.8, 4) is 11.3 Å². The minimum atomic E-state index is -0.0194. The molecule has 1 aromatic heterocycles. The second-order valence-corrected chi connectivity index (χ2v) is 6.11. The summed E-state index contributed by atoms with van der Waals surface area (Å²) in [6.45, 7) is -0.0194. The van der Waals surface area contributed by atoms with Crippen molar-refractivity contribution in [2.75, 3.05) is 6.61 Å². The van der Waals surface area contributed by atoms with Crippen molar-refractivity contribution < 1.29 is 5.11 Å². The lowest BCUT2D eigenvalue weighted by Gasteiger charge is -2.02. The summed E-state index contributed by atoms with van der Waals surface area (Å²) in [5, 5.41) is 10.8. The van der Waals surface area contributed by atoms with Crippen molar-refractivity contribution in [1.82, 2.24) is 4.98 Å². The Morgan fingerprint density at radius 3 is 2.90 bits per heavy atom. The predicted octanol–water partition coefficient (Wildman–Crippen LogP) is 4.22. The van der Waals surface area contributed by atoms with Crippen LogP contribution in [0, 0.1) is 0 Å². The van der Waals surface area contributed by atoms with Gasteiger partial charge in [0.25, 0.3) is 0 Å². The molecule has 104 valence electrons. The number of para-hydroxylation sites is 1. The zero-order valence-electron chi connectivity index (χ0n) is 11.2. The molecule has 4 rings (SSSR count). The van der Waals surface area contributed by atoms with Crippen molar-refractivity contribution in [1.29, 1.82) is 0 Å². The highest BCUT2D eigenvalue weighted by Crippen LogP contribution is 2.39. The van der Waals surface area contributed by atoms with E-state index in [4.69, 9.17) is 0 Å². The summed E-state index contributed by atoms with van der Waals surface area (Å²) < 4.78 is 1.05. The Morgan fingerprint density at radius 1 is 1.19 bits per heavy atom. The molecule has 0 atom stereocenters. The monoisotopic (exact) mass is 340 g/mol. The van der Waals surface area contributed by atoms with Gasteiger partial charge in [-0.2, -0.15) is 0 Å². The number of nitrogens with one attached hydrogen (secondary N) is 1. The Kier molecular flexibility index (Phi) is 2.94. The number of halogens is 1. The summed E-state index contributed by atoms with van der Waals surface area (Å²) in [5.74, 6) is 0. The molecule has 4 heteroatoms. The fourth-order valence-electron chi connectivity index (χ4n) is 2.92. The van der Waals surface area contributed by atoms with E-state index >= 15 is 0 Å². The van der Waals surface area contributed by atoms with Crippen molar-refractivity contribution in [3.63, 3.8) is 0 Å². The van der Waals surface area contributed by atoms with Crippen LogP contribution in [0.5, 0.6) is 0 Å². The molecule has 0 bridgehead atoms. The molecule has 2 aromatic carbocycles.